The van der Waals surface area contributed by atoms with Crippen LogP contribution in [0.1, 0.15) is 18.4 Å². The number of aliphatic hydroxyl groups excluding tert-OH is 1. The van der Waals surface area contributed by atoms with Gasteiger partial charge in [-0.05, 0) is 65.9 Å². The maximum Gasteiger partial charge on any atom is 0.238 e. The molecule has 1 atom stereocenters. The minimum atomic E-state index is -0.00635. The average Bonchev–Trinajstić information content (AvgIpc) is 2.42. The van der Waals surface area contributed by atoms with Crippen LogP contribution in [-0.4, -0.2) is 42.2 Å². The van der Waals surface area contributed by atoms with Crippen LogP contribution in [0.2, 0.25) is 0 Å². The quantitative estimate of drug-likeness (QED) is 0.884. The molecule has 0 radical (unpaired) electrons. The van der Waals surface area contributed by atoms with E-state index in [1.165, 1.54) is 0 Å². The van der Waals surface area contributed by atoms with Crippen molar-refractivity contribution in [2.75, 3.05) is 31.6 Å². The number of aliphatic hydroxyl groups is 1. The minimum absolute atomic E-state index is 0.00635. The number of carbonyl (C=O) groups excluding carboxylic acids is 1. The van der Waals surface area contributed by atoms with Crippen LogP contribution in [0, 0.1) is 12.8 Å². The van der Waals surface area contributed by atoms with Crippen LogP contribution in [0.15, 0.2) is 22.7 Å². The van der Waals surface area contributed by atoms with Gasteiger partial charge in [0, 0.05) is 17.6 Å². The number of amides is 1. The lowest BCUT2D eigenvalue weighted by molar-refractivity contribution is -0.117. The van der Waals surface area contributed by atoms with Crippen molar-refractivity contribution < 1.29 is 9.90 Å². The zero-order valence-corrected chi connectivity index (χ0v) is 13.3. The molecular weight excluding hydrogens is 320 g/mol. The number of nitrogens with one attached hydrogen (secondary N) is 1. The number of hydrogen-bond donors (Lipinski definition) is 2. The van der Waals surface area contributed by atoms with Crippen LogP contribution in [0.5, 0.6) is 0 Å². The summed E-state index contributed by atoms with van der Waals surface area (Å²) in [5.74, 6) is 0.302. The third kappa shape index (κ3) is 4.30. The Morgan fingerprint density at radius 1 is 1.55 bits per heavy atom. The highest BCUT2D eigenvalue weighted by Gasteiger charge is 2.21. The molecular formula is C15H21BrN2O2. The SMILES string of the molecule is Cc1ccc(NC(=O)CN2CCCC(CO)C2)c(Br)c1. The maximum absolute atomic E-state index is 12.1. The van der Waals surface area contributed by atoms with E-state index < -0.39 is 0 Å². The van der Waals surface area contributed by atoms with Crippen LogP contribution < -0.4 is 5.32 Å². The van der Waals surface area contributed by atoms with E-state index >= 15 is 0 Å². The molecule has 0 aromatic heterocycles. The molecule has 1 aliphatic heterocycles. The summed E-state index contributed by atoms with van der Waals surface area (Å²) < 4.78 is 0.901. The van der Waals surface area contributed by atoms with E-state index in [4.69, 9.17) is 0 Å². The van der Waals surface area contributed by atoms with Crippen molar-refractivity contribution in [3.63, 3.8) is 0 Å². The van der Waals surface area contributed by atoms with Gasteiger partial charge < -0.3 is 10.4 Å². The molecule has 1 unspecified atom stereocenters. The molecule has 0 spiro atoms. The molecule has 1 heterocycles. The molecule has 2 rings (SSSR count). The summed E-state index contributed by atoms with van der Waals surface area (Å²) in [7, 11) is 0. The molecule has 1 amide bonds. The van der Waals surface area contributed by atoms with Crippen molar-refractivity contribution in [1.82, 2.24) is 4.90 Å². The fourth-order valence-electron chi connectivity index (χ4n) is 2.56. The third-order valence-electron chi connectivity index (χ3n) is 3.63. The summed E-state index contributed by atoms with van der Waals surface area (Å²) in [4.78, 5) is 14.2. The molecule has 5 heteroatoms. The number of nitrogens with zero attached hydrogens (tertiary/aromatic N) is 1. The Morgan fingerprint density at radius 3 is 3.05 bits per heavy atom. The lowest BCUT2D eigenvalue weighted by Gasteiger charge is -2.31. The predicted octanol–water partition coefficient (Wildman–Crippen LogP) is 2.40. The summed E-state index contributed by atoms with van der Waals surface area (Å²) >= 11 is 3.46. The van der Waals surface area contributed by atoms with Crippen molar-refractivity contribution in [3.05, 3.63) is 28.2 Å². The highest BCUT2D eigenvalue weighted by Crippen LogP contribution is 2.23. The van der Waals surface area contributed by atoms with Gasteiger partial charge in [0.25, 0.3) is 0 Å². The summed E-state index contributed by atoms with van der Waals surface area (Å²) in [5.41, 5.74) is 1.95. The van der Waals surface area contributed by atoms with Gasteiger partial charge in [-0.15, -0.1) is 0 Å². The third-order valence-corrected chi connectivity index (χ3v) is 4.28. The number of halogens is 1. The number of benzene rings is 1. The van der Waals surface area contributed by atoms with Crippen molar-refractivity contribution in [2.45, 2.75) is 19.8 Å². The van der Waals surface area contributed by atoms with Crippen molar-refractivity contribution in [3.8, 4) is 0 Å². The summed E-state index contributed by atoms with van der Waals surface area (Å²) in [6, 6.07) is 5.87. The van der Waals surface area contributed by atoms with Gasteiger partial charge in [-0.3, -0.25) is 9.69 Å². The van der Waals surface area contributed by atoms with Gasteiger partial charge in [0.1, 0.15) is 0 Å². The van der Waals surface area contributed by atoms with E-state index in [0.29, 0.717) is 12.5 Å². The number of carbonyl (C=O) groups is 1. The molecule has 1 saturated heterocycles. The molecule has 0 aliphatic carbocycles. The first kappa shape index (κ1) is 15.5. The molecule has 20 heavy (non-hydrogen) atoms. The second kappa shape index (κ2) is 7.20. The van der Waals surface area contributed by atoms with Gasteiger partial charge in [0.15, 0.2) is 0 Å². The average molecular weight is 341 g/mol. The zero-order chi connectivity index (χ0) is 14.5. The van der Waals surface area contributed by atoms with Crippen molar-refractivity contribution >= 4 is 27.5 Å². The van der Waals surface area contributed by atoms with Crippen molar-refractivity contribution in [1.29, 1.82) is 0 Å². The molecule has 0 bridgehead atoms. The first-order chi connectivity index (χ1) is 9.58. The van der Waals surface area contributed by atoms with Crippen LogP contribution in [0.25, 0.3) is 0 Å². The summed E-state index contributed by atoms with van der Waals surface area (Å²) in [6.45, 7) is 4.34. The minimum Gasteiger partial charge on any atom is -0.396 e. The van der Waals surface area contributed by atoms with Crippen LogP contribution in [-0.2, 0) is 4.79 Å². The molecule has 4 nitrogen and oxygen atoms in total. The highest BCUT2D eigenvalue weighted by molar-refractivity contribution is 9.10. The lowest BCUT2D eigenvalue weighted by atomic mass is 9.99. The topological polar surface area (TPSA) is 52.6 Å². The number of piperidine rings is 1. The van der Waals surface area contributed by atoms with E-state index in [1.54, 1.807) is 0 Å². The monoisotopic (exact) mass is 340 g/mol. The van der Waals surface area contributed by atoms with Gasteiger partial charge in [-0.1, -0.05) is 6.07 Å². The molecule has 1 fully saturated rings. The molecule has 0 saturated carbocycles. The van der Waals surface area contributed by atoms with Crippen molar-refractivity contribution in [2.24, 2.45) is 5.92 Å². The lowest BCUT2D eigenvalue weighted by Crippen LogP contribution is -2.41. The van der Waals surface area contributed by atoms with Gasteiger partial charge >= 0.3 is 0 Å². The Labute approximate surface area is 128 Å². The second-order valence-corrected chi connectivity index (χ2v) is 6.31. The number of anilines is 1. The van der Waals surface area contributed by atoms with E-state index in [1.807, 2.05) is 25.1 Å². The molecule has 1 aliphatic rings. The first-order valence-corrected chi connectivity index (χ1v) is 7.77. The molecule has 1 aromatic carbocycles. The van der Waals surface area contributed by atoms with E-state index in [0.717, 1.165) is 41.7 Å². The Morgan fingerprint density at radius 2 is 2.35 bits per heavy atom. The van der Waals surface area contributed by atoms with Gasteiger partial charge in [0.05, 0.1) is 12.2 Å². The van der Waals surface area contributed by atoms with Gasteiger partial charge in [-0.2, -0.15) is 0 Å². The number of rotatable bonds is 4. The second-order valence-electron chi connectivity index (χ2n) is 5.46. The normalized spacial score (nSPS) is 19.9. The zero-order valence-electron chi connectivity index (χ0n) is 11.7. The van der Waals surface area contributed by atoms with Crippen LogP contribution in [0.3, 0.4) is 0 Å². The Hall–Kier alpha value is -0.910. The Kier molecular flexibility index (Phi) is 5.57. The predicted molar refractivity (Wildman–Crippen MR) is 83.8 cm³/mol. The smallest absolute Gasteiger partial charge is 0.238 e. The molecule has 110 valence electrons. The molecule has 1 aromatic rings. The fraction of sp³-hybridized carbons (Fsp3) is 0.533. The maximum atomic E-state index is 12.1. The Bertz CT molecular complexity index is 479. The summed E-state index contributed by atoms with van der Waals surface area (Å²) in [6.07, 6.45) is 2.10. The van der Waals surface area contributed by atoms with Crippen LogP contribution in [0.4, 0.5) is 5.69 Å². The van der Waals surface area contributed by atoms with E-state index in [-0.39, 0.29) is 12.5 Å². The van der Waals surface area contributed by atoms with Gasteiger partial charge in [0.2, 0.25) is 5.91 Å². The number of aryl methyl sites for hydroxylation is 1. The number of hydrogen-bond acceptors (Lipinski definition) is 3. The van der Waals surface area contributed by atoms with Gasteiger partial charge in [-0.25, -0.2) is 0 Å². The van der Waals surface area contributed by atoms with Crippen LogP contribution >= 0.6 is 15.9 Å². The Balaban J connectivity index is 1.88. The molecule has 2 N–H and O–H groups in total. The van der Waals surface area contributed by atoms with E-state index in [9.17, 15) is 9.90 Å². The standard InChI is InChI=1S/C15H21BrN2O2/c1-11-4-5-14(13(16)7-11)17-15(20)9-18-6-2-3-12(8-18)10-19/h4-5,7,12,19H,2-3,6,8-10H2,1H3,(H,17,20). The summed E-state index contributed by atoms with van der Waals surface area (Å²) in [5, 5.41) is 12.1. The first-order valence-electron chi connectivity index (χ1n) is 6.97. The fourth-order valence-corrected chi connectivity index (χ4v) is 3.15. The largest absolute Gasteiger partial charge is 0.396 e. The number of likely N-dealkylation sites (tertiary alicyclic amines) is 1. The van der Waals surface area contributed by atoms with E-state index in [2.05, 4.69) is 26.1 Å². The highest BCUT2D eigenvalue weighted by atomic mass is 79.9.